The minimum absolute atomic E-state index is 0.0836. The lowest BCUT2D eigenvalue weighted by Crippen LogP contribution is -2.12. The topological polar surface area (TPSA) is 37.3 Å². The minimum atomic E-state index is -0.777. The number of Topliss-reactive ketones (excluding diaryl/α,β-unsaturated/α-hetero) is 1. The first-order chi connectivity index (χ1) is 5.56. The number of carbonyl (C=O) groups excluding carboxylic acids is 1. The van der Waals surface area contributed by atoms with Gasteiger partial charge in [0.05, 0.1) is 0 Å². The van der Waals surface area contributed by atoms with Crippen molar-refractivity contribution in [3.8, 4) is 11.8 Å². The van der Waals surface area contributed by atoms with Crippen molar-refractivity contribution in [2.75, 3.05) is 0 Å². The molecule has 0 aromatic heterocycles. The highest BCUT2D eigenvalue weighted by molar-refractivity contribution is 5.79. The second-order valence-corrected chi connectivity index (χ2v) is 3.25. The summed E-state index contributed by atoms with van der Waals surface area (Å²) in [4.78, 5) is 11.1. The fourth-order valence-electron chi connectivity index (χ4n) is 0.972. The first kappa shape index (κ1) is 11.2. The maximum atomic E-state index is 11.1. The van der Waals surface area contributed by atoms with Crippen LogP contribution in [0.15, 0.2) is 0 Å². The number of hydrogen-bond acceptors (Lipinski definition) is 2. The summed E-state index contributed by atoms with van der Waals surface area (Å²) >= 11 is 0. The van der Waals surface area contributed by atoms with Gasteiger partial charge >= 0.3 is 0 Å². The van der Waals surface area contributed by atoms with E-state index in [1.54, 1.807) is 6.92 Å². The van der Waals surface area contributed by atoms with E-state index in [0.717, 1.165) is 0 Å². The molecule has 1 atom stereocenters. The quantitative estimate of drug-likeness (QED) is 0.644. The first-order valence-electron chi connectivity index (χ1n) is 4.18. The van der Waals surface area contributed by atoms with Crippen molar-refractivity contribution in [2.45, 2.75) is 39.7 Å². The Morgan fingerprint density at radius 3 is 2.42 bits per heavy atom. The number of aliphatic hydroxyl groups is 1. The van der Waals surface area contributed by atoms with Crippen LogP contribution < -0.4 is 0 Å². The summed E-state index contributed by atoms with van der Waals surface area (Å²) < 4.78 is 0. The lowest BCUT2D eigenvalue weighted by Gasteiger charge is -2.04. The monoisotopic (exact) mass is 168 g/mol. The molecule has 0 heterocycles. The Morgan fingerprint density at radius 1 is 1.42 bits per heavy atom. The van der Waals surface area contributed by atoms with Crippen molar-refractivity contribution in [1.82, 2.24) is 0 Å². The van der Waals surface area contributed by atoms with Gasteiger partial charge < -0.3 is 5.11 Å². The summed E-state index contributed by atoms with van der Waals surface area (Å²) in [7, 11) is 0. The van der Waals surface area contributed by atoms with E-state index in [-0.39, 0.29) is 12.2 Å². The zero-order chi connectivity index (χ0) is 9.56. The summed E-state index contributed by atoms with van der Waals surface area (Å²) in [6.45, 7) is 5.61. The van der Waals surface area contributed by atoms with Crippen molar-refractivity contribution >= 4 is 5.78 Å². The SMILES string of the molecule is CC#CC(O)CC(=O)CC(C)C. The predicted molar refractivity (Wildman–Crippen MR) is 48.5 cm³/mol. The van der Waals surface area contributed by atoms with Gasteiger partial charge in [-0.05, 0) is 12.8 Å². The van der Waals surface area contributed by atoms with Gasteiger partial charge in [-0.25, -0.2) is 0 Å². The van der Waals surface area contributed by atoms with Crippen molar-refractivity contribution in [1.29, 1.82) is 0 Å². The third-order valence-electron chi connectivity index (χ3n) is 1.37. The van der Waals surface area contributed by atoms with Crippen LogP contribution in [0, 0.1) is 17.8 Å². The molecule has 2 heteroatoms. The Balaban J connectivity index is 3.74. The Labute approximate surface area is 74.0 Å². The minimum Gasteiger partial charge on any atom is -0.380 e. The van der Waals surface area contributed by atoms with Crippen LogP contribution in [-0.2, 0) is 4.79 Å². The van der Waals surface area contributed by atoms with Gasteiger partial charge in [-0.1, -0.05) is 19.8 Å². The molecule has 0 aliphatic rings. The lowest BCUT2D eigenvalue weighted by molar-refractivity contribution is -0.120. The molecule has 0 aliphatic carbocycles. The molecule has 0 saturated carbocycles. The summed E-state index contributed by atoms with van der Waals surface area (Å²) in [6.07, 6.45) is -0.0807. The van der Waals surface area contributed by atoms with Crippen LogP contribution >= 0.6 is 0 Å². The van der Waals surface area contributed by atoms with E-state index in [4.69, 9.17) is 5.11 Å². The van der Waals surface area contributed by atoms with E-state index in [9.17, 15) is 4.79 Å². The zero-order valence-corrected chi connectivity index (χ0v) is 7.92. The highest BCUT2D eigenvalue weighted by Crippen LogP contribution is 2.04. The van der Waals surface area contributed by atoms with Crippen LogP contribution in [-0.4, -0.2) is 17.0 Å². The van der Waals surface area contributed by atoms with Crippen LogP contribution in [0.1, 0.15) is 33.6 Å². The number of aliphatic hydroxyl groups excluding tert-OH is 1. The molecule has 0 aromatic carbocycles. The van der Waals surface area contributed by atoms with Crippen molar-refractivity contribution in [2.24, 2.45) is 5.92 Å². The molecular formula is C10H16O2. The molecule has 0 amide bonds. The van der Waals surface area contributed by atoms with E-state index < -0.39 is 6.10 Å². The largest absolute Gasteiger partial charge is 0.380 e. The highest BCUT2D eigenvalue weighted by Gasteiger charge is 2.09. The summed E-state index contributed by atoms with van der Waals surface area (Å²) in [5, 5.41) is 9.14. The molecule has 68 valence electrons. The third-order valence-corrected chi connectivity index (χ3v) is 1.37. The Kier molecular flexibility index (Phi) is 5.40. The van der Waals surface area contributed by atoms with E-state index in [1.165, 1.54) is 0 Å². The van der Waals surface area contributed by atoms with Gasteiger partial charge in [0.2, 0.25) is 0 Å². The molecule has 0 aliphatic heterocycles. The molecule has 2 nitrogen and oxygen atoms in total. The fourth-order valence-corrected chi connectivity index (χ4v) is 0.972. The molecule has 0 bridgehead atoms. The normalized spacial score (nSPS) is 12.1. The van der Waals surface area contributed by atoms with Gasteiger partial charge in [-0.2, -0.15) is 0 Å². The van der Waals surface area contributed by atoms with E-state index in [0.29, 0.717) is 12.3 Å². The van der Waals surface area contributed by atoms with Gasteiger partial charge in [-0.15, -0.1) is 5.92 Å². The summed E-state index contributed by atoms with van der Waals surface area (Å²) in [5.74, 6) is 5.55. The predicted octanol–water partition coefficient (Wildman–Crippen LogP) is 1.38. The van der Waals surface area contributed by atoms with E-state index in [2.05, 4.69) is 11.8 Å². The molecule has 0 aromatic rings. The maximum Gasteiger partial charge on any atom is 0.136 e. The Bertz CT molecular complexity index is 196. The van der Waals surface area contributed by atoms with Gasteiger partial charge in [0.1, 0.15) is 11.9 Å². The summed E-state index contributed by atoms with van der Waals surface area (Å²) in [5.41, 5.74) is 0. The molecule has 1 unspecified atom stereocenters. The molecule has 0 fully saturated rings. The van der Waals surface area contributed by atoms with Crippen molar-refractivity contribution < 1.29 is 9.90 Å². The zero-order valence-electron chi connectivity index (χ0n) is 7.92. The Morgan fingerprint density at radius 2 is 2.00 bits per heavy atom. The molecule has 12 heavy (non-hydrogen) atoms. The van der Waals surface area contributed by atoms with E-state index in [1.807, 2.05) is 13.8 Å². The standard InChI is InChI=1S/C10H16O2/c1-4-5-9(11)7-10(12)6-8(2)3/h8-9,11H,6-7H2,1-3H3. The lowest BCUT2D eigenvalue weighted by atomic mass is 10.0. The highest BCUT2D eigenvalue weighted by atomic mass is 16.3. The van der Waals surface area contributed by atoms with Crippen molar-refractivity contribution in [3.05, 3.63) is 0 Å². The third kappa shape index (κ3) is 5.94. The van der Waals surface area contributed by atoms with E-state index >= 15 is 0 Å². The summed E-state index contributed by atoms with van der Waals surface area (Å²) in [6, 6.07) is 0. The molecule has 0 radical (unpaired) electrons. The second-order valence-electron chi connectivity index (χ2n) is 3.25. The first-order valence-corrected chi connectivity index (χ1v) is 4.18. The number of ketones is 1. The second kappa shape index (κ2) is 5.79. The van der Waals surface area contributed by atoms with Crippen LogP contribution in [0.4, 0.5) is 0 Å². The maximum absolute atomic E-state index is 11.1. The van der Waals surface area contributed by atoms with Crippen LogP contribution in [0.3, 0.4) is 0 Å². The average Bonchev–Trinajstić information content (AvgIpc) is 1.84. The van der Waals surface area contributed by atoms with Crippen LogP contribution in [0.5, 0.6) is 0 Å². The fraction of sp³-hybridized carbons (Fsp3) is 0.700. The number of carbonyl (C=O) groups is 1. The van der Waals surface area contributed by atoms with Crippen LogP contribution in [0.2, 0.25) is 0 Å². The Hall–Kier alpha value is -0.810. The smallest absolute Gasteiger partial charge is 0.136 e. The molecular weight excluding hydrogens is 152 g/mol. The van der Waals surface area contributed by atoms with Gasteiger partial charge in [-0.3, -0.25) is 4.79 Å². The van der Waals surface area contributed by atoms with Crippen molar-refractivity contribution in [3.63, 3.8) is 0 Å². The van der Waals surface area contributed by atoms with Gasteiger partial charge in [0.25, 0.3) is 0 Å². The van der Waals surface area contributed by atoms with Gasteiger partial charge in [0, 0.05) is 12.8 Å². The number of rotatable bonds is 4. The molecule has 0 rings (SSSR count). The molecule has 0 spiro atoms. The van der Waals surface area contributed by atoms with Gasteiger partial charge in [0.15, 0.2) is 0 Å². The average molecular weight is 168 g/mol. The van der Waals surface area contributed by atoms with Crippen LogP contribution in [0.25, 0.3) is 0 Å². The molecule has 1 N–H and O–H groups in total. The number of hydrogen-bond donors (Lipinski definition) is 1. The molecule has 0 saturated heterocycles.